The minimum absolute atomic E-state index is 0.213. The Morgan fingerprint density at radius 2 is 1.16 bits per heavy atom. The lowest BCUT2D eigenvalue weighted by Crippen LogP contribution is -1.99. The summed E-state index contributed by atoms with van der Waals surface area (Å²) in [5.74, 6) is -0.610. The fourth-order valence-corrected chi connectivity index (χ4v) is 3.10. The highest BCUT2D eigenvalue weighted by Gasteiger charge is 1.99. The Kier molecular flexibility index (Phi) is 16.1. The zero-order chi connectivity index (χ0) is 20.9. The van der Waals surface area contributed by atoms with Crippen molar-refractivity contribution in [1.82, 2.24) is 0 Å². The van der Waals surface area contributed by atoms with Crippen molar-refractivity contribution in [3.63, 3.8) is 0 Å². The van der Waals surface area contributed by atoms with E-state index in [1.165, 1.54) is 89.9 Å². The van der Waals surface area contributed by atoms with Crippen LogP contribution in [0.3, 0.4) is 0 Å². The third-order valence-corrected chi connectivity index (χ3v) is 4.76. The van der Waals surface area contributed by atoms with Gasteiger partial charge >= 0.3 is 5.97 Å². The molecular weight excluding hydrogens is 308 g/mol. The van der Waals surface area contributed by atoms with E-state index in [4.69, 9.17) is 4.11 Å². The molecule has 0 N–H and O–H groups in total. The monoisotopic (exact) mass is 355 g/mol. The fraction of sp³-hybridized carbons (Fsp3) is 0.870. The van der Waals surface area contributed by atoms with Gasteiger partial charge in [0.05, 0.1) is 11.2 Å². The van der Waals surface area contributed by atoms with E-state index in [1.807, 2.05) is 0 Å². The van der Waals surface area contributed by atoms with Gasteiger partial charge in [-0.05, 0) is 32.1 Å². The molecule has 0 saturated carbocycles. The highest BCUT2D eigenvalue weighted by Crippen LogP contribution is 2.12. The molecule has 148 valence electrons. The molecule has 0 unspecified atom stereocenters. The summed E-state index contributed by atoms with van der Waals surface area (Å²) in [6.07, 6.45) is 26.2. The van der Waals surface area contributed by atoms with E-state index < -0.39 is 13.0 Å². The van der Waals surface area contributed by atoms with E-state index in [1.54, 1.807) is 0 Å². The molecule has 0 spiro atoms. The molecule has 0 bridgehead atoms. The molecule has 0 aromatic carbocycles. The Bertz CT molecular complexity index is 379. The molecule has 0 atom stereocenters. The van der Waals surface area contributed by atoms with E-state index in [0.29, 0.717) is 0 Å². The molecule has 0 saturated heterocycles. The van der Waals surface area contributed by atoms with Crippen LogP contribution in [0.2, 0.25) is 0 Å². The predicted molar refractivity (Wildman–Crippen MR) is 110 cm³/mol. The van der Waals surface area contributed by atoms with Gasteiger partial charge in [0.2, 0.25) is 0 Å². The van der Waals surface area contributed by atoms with Crippen LogP contribution in [-0.4, -0.2) is 13.0 Å². The molecule has 2 heteroatoms. The Hall–Kier alpha value is -0.790. The summed E-state index contributed by atoms with van der Waals surface area (Å²) in [6.45, 7) is 2.26. The second-order valence-corrected chi connectivity index (χ2v) is 7.22. The zero-order valence-electron chi connectivity index (χ0n) is 19.7. The first-order chi connectivity index (χ1) is 13.5. The molecule has 0 aromatic heterocycles. The smallest absolute Gasteiger partial charge is 0.305 e. The molecule has 0 rings (SSSR count). The number of hydrogen-bond acceptors (Lipinski definition) is 2. The fourth-order valence-electron chi connectivity index (χ4n) is 3.10. The molecule has 0 aromatic rings. The molecular formula is C23H44O2. The van der Waals surface area contributed by atoms with Gasteiger partial charge < -0.3 is 4.74 Å². The average Bonchev–Trinajstić information content (AvgIpc) is 2.62. The van der Waals surface area contributed by atoms with Gasteiger partial charge in [0.25, 0.3) is 0 Å². The Labute approximate surface area is 162 Å². The van der Waals surface area contributed by atoms with Crippen LogP contribution in [0.4, 0.5) is 0 Å². The van der Waals surface area contributed by atoms with Crippen LogP contribution in [0.25, 0.3) is 0 Å². The first-order valence-electron chi connectivity index (χ1n) is 12.3. The number of ether oxygens (including phenoxy) is 1. The van der Waals surface area contributed by atoms with Gasteiger partial charge in [-0.25, -0.2) is 0 Å². The van der Waals surface area contributed by atoms with Gasteiger partial charge in [0.15, 0.2) is 0 Å². The summed E-state index contributed by atoms with van der Waals surface area (Å²) in [7, 11) is -2.60. The summed E-state index contributed by atoms with van der Waals surface area (Å²) < 4.78 is 24.9. The molecule has 0 amide bonds. The van der Waals surface area contributed by atoms with Crippen molar-refractivity contribution in [2.24, 2.45) is 0 Å². The van der Waals surface area contributed by atoms with Crippen LogP contribution < -0.4 is 0 Å². The van der Waals surface area contributed by atoms with Crippen LogP contribution in [0.15, 0.2) is 12.2 Å². The minimum Gasteiger partial charge on any atom is -0.469 e. The largest absolute Gasteiger partial charge is 0.469 e. The van der Waals surface area contributed by atoms with Gasteiger partial charge in [-0.2, -0.15) is 0 Å². The number of allylic oxidation sites excluding steroid dienone is 2. The molecule has 25 heavy (non-hydrogen) atoms. The van der Waals surface area contributed by atoms with Crippen molar-refractivity contribution in [3.8, 4) is 0 Å². The summed E-state index contributed by atoms with van der Waals surface area (Å²) in [4.78, 5) is 11.3. The molecule has 0 aliphatic rings. The van der Waals surface area contributed by atoms with Gasteiger partial charge in [0.1, 0.15) is 0 Å². The number of carbonyl (C=O) groups is 1. The average molecular weight is 356 g/mol. The molecule has 2 nitrogen and oxygen atoms in total. The number of hydrogen-bond donors (Lipinski definition) is 0. The third-order valence-electron chi connectivity index (χ3n) is 4.76. The van der Waals surface area contributed by atoms with Gasteiger partial charge in [-0.1, -0.05) is 96.1 Å². The summed E-state index contributed by atoms with van der Waals surface area (Å²) in [6, 6.07) is 0. The van der Waals surface area contributed by atoms with E-state index in [0.717, 1.165) is 19.3 Å². The third kappa shape index (κ3) is 21.2. The number of unbranched alkanes of at least 4 members (excludes halogenated alkanes) is 15. The quantitative estimate of drug-likeness (QED) is 0.134. The Morgan fingerprint density at radius 3 is 1.64 bits per heavy atom. The summed E-state index contributed by atoms with van der Waals surface area (Å²) in [5.41, 5.74) is 0. The van der Waals surface area contributed by atoms with Crippen molar-refractivity contribution >= 4 is 5.97 Å². The van der Waals surface area contributed by atoms with Crippen LogP contribution in [0, 0.1) is 0 Å². The highest BCUT2D eigenvalue weighted by atomic mass is 16.5. The summed E-state index contributed by atoms with van der Waals surface area (Å²) in [5, 5.41) is 0. The normalized spacial score (nSPS) is 13.6. The molecule has 0 heterocycles. The highest BCUT2D eigenvalue weighted by molar-refractivity contribution is 5.68. The number of methoxy groups -OCH3 is 1. The topological polar surface area (TPSA) is 26.3 Å². The predicted octanol–water partition coefficient (Wildman–Crippen LogP) is 7.76. The minimum atomic E-state index is -2.60. The maximum absolute atomic E-state index is 11.3. The molecule has 0 aliphatic heterocycles. The maximum Gasteiger partial charge on any atom is 0.305 e. The Balaban J connectivity index is 3.19. The zero-order valence-corrected chi connectivity index (χ0v) is 16.7. The van der Waals surface area contributed by atoms with E-state index >= 15 is 0 Å². The van der Waals surface area contributed by atoms with Crippen molar-refractivity contribution < 1.29 is 13.6 Å². The maximum atomic E-state index is 11.3. The van der Waals surface area contributed by atoms with Crippen molar-refractivity contribution in [1.29, 1.82) is 0 Å². The van der Waals surface area contributed by atoms with Crippen molar-refractivity contribution in [2.45, 2.75) is 122 Å². The van der Waals surface area contributed by atoms with Crippen LogP contribution in [0.1, 0.15) is 127 Å². The first kappa shape index (κ1) is 19.0. The molecule has 0 aliphatic carbocycles. The van der Waals surface area contributed by atoms with E-state index in [-0.39, 0.29) is 6.42 Å². The van der Waals surface area contributed by atoms with Crippen LogP contribution >= 0.6 is 0 Å². The first-order valence-corrected chi connectivity index (χ1v) is 10.8. The number of rotatable bonds is 19. The van der Waals surface area contributed by atoms with E-state index in [2.05, 4.69) is 23.8 Å². The molecule has 0 radical (unpaired) electrons. The lowest BCUT2D eigenvalue weighted by molar-refractivity contribution is -0.140. The standard InChI is InChI=1S/C23H44O2/c1-3-4-5-6-7-8-9-10-11-12-13-14-15-16-17-18-19-20-21-22-23(24)25-2/h10-11H,3-9,12-22H2,1-2H3/b11-10-/i2D3. The van der Waals surface area contributed by atoms with E-state index in [9.17, 15) is 4.79 Å². The van der Waals surface area contributed by atoms with Gasteiger partial charge in [-0.3, -0.25) is 4.79 Å². The van der Waals surface area contributed by atoms with Gasteiger partial charge in [-0.15, -0.1) is 0 Å². The van der Waals surface area contributed by atoms with Gasteiger partial charge in [0, 0.05) is 6.42 Å². The van der Waals surface area contributed by atoms with Crippen LogP contribution in [0.5, 0.6) is 0 Å². The molecule has 0 fully saturated rings. The number of carbonyl (C=O) groups excluding carboxylic acids is 1. The number of esters is 1. The lowest BCUT2D eigenvalue weighted by Gasteiger charge is -2.02. The van der Waals surface area contributed by atoms with Crippen molar-refractivity contribution in [3.05, 3.63) is 12.2 Å². The lowest BCUT2D eigenvalue weighted by atomic mass is 10.1. The Morgan fingerprint density at radius 1 is 0.720 bits per heavy atom. The second kappa shape index (κ2) is 21.3. The van der Waals surface area contributed by atoms with Crippen molar-refractivity contribution in [2.75, 3.05) is 7.04 Å². The SMILES string of the molecule is [2H]C([2H])([2H])OC(=O)CCCCCCCCCCC/C=C\CCCCCCCC. The summed E-state index contributed by atoms with van der Waals surface area (Å²) >= 11 is 0. The van der Waals surface area contributed by atoms with Crippen LogP contribution in [-0.2, 0) is 9.53 Å². The second-order valence-electron chi connectivity index (χ2n) is 7.22.